The van der Waals surface area contributed by atoms with E-state index >= 15 is 0 Å². The Balaban J connectivity index is 3.11. The molecular formula is C16H24O12P4. The highest BCUT2D eigenvalue weighted by Crippen LogP contribution is 2.79. The second-order valence-electron chi connectivity index (χ2n) is 6.53. The van der Waals surface area contributed by atoms with E-state index in [4.69, 9.17) is 18.1 Å². The van der Waals surface area contributed by atoms with Crippen LogP contribution in [0.25, 0.3) is 10.8 Å². The van der Waals surface area contributed by atoms with Gasteiger partial charge in [0, 0.05) is 28.4 Å². The first-order valence-corrected chi connectivity index (χ1v) is 15.3. The molecule has 0 amide bonds. The summed E-state index contributed by atoms with van der Waals surface area (Å²) in [7, 11) is -15.3. The van der Waals surface area contributed by atoms with E-state index < -0.39 is 46.7 Å². The Morgan fingerprint density at radius 1 is 0.625 bits per heavy atom. The number of fused-ring (bicyclic) bond motifs is 1. The Morgan fingerprint density at radius 2 is 0.969 bits per heavy atom. The van der Waals surface area contributed by atoms with Gasteiger partial charge < -0.3 is 37.7 Å². The predicted molar refractivity (Wildman–Crippen MR) is 117 cm³/mol. The summed E-state index contributed by atoms with van der Waals surface area (Å²) in [6.45, 7) is 0. The van der Waals surface area contributed by atoms with Crippen molar-refractivity contribution in [1.82, 2.24) is 0 Å². The molecule has 180 valence electrons. The van der Waals surface area contributed by atoms with Crippen LogP contribution < -0.4 is 0 Å². The molecule has 0 aliphatic heterocycles. The molecular weight excluding hydrogens is 508 g/mol. The zero-order valence-electron chi connectivity index (χ0n) is 17.5. The van der Waals surface area contributed by atoms with Crippen molar-refractivity contribution in [2.24, 2.45) is 0 Å². The van der Waals surface area contributed by atoms with Crippen molar-refractivity contribution in [3.05, 3.63) is 47.5 Å². The molecule has 12 nitrogen and oxygen atoms in total. The summed E-state index contributed by atoms with van der Waals surface area (Å²) in [5.41, 5.74) is -0.564. The fourth-order valence-corrected chi connectivity index (χ4v) is 10.9. The van der Waals surface area contributed by atoms with Gasteiger partial charge >= 0.3 is 30.4 Å². The van der Waals surface area contributed by atoms with Crippen LogP contribution in [-0.4, -0.2) is 48.0 Å². The summed E-state index contributed by atoms with van der Waals surface area (Å²) in [6.07, 6.45) is 0. The molecule has 0 atom stereocenters. The fraction of sp³-hybridized carbons (Fsp3) is 0.375. The first kappa shape index (κ1) is 27.5. The van der Waals surface area contributed by atoms with Crippen LogP contribution in [-0.2, 0) is 36.4 Å². The summed E-state index contributed by atoms with van der Waals surface area (Å²) >= 11 is 0. The average Bonchev–Trinajstić information content (AvgIpc) is 2.71. The Bertz CT molecular complexity index is 1100. The van der Waals surface area contributed by atoms with Crippen molar-refractivity contribution < 1.29 is 55.9 Å². The molecule has 4 N–H and O–H groups in total. The number of hydrogen-bond donors (Lipinski definition) is 4. The van der Waals surface area contributed by atoms with E-state index in [1.165, 1.54) is 30.3 Å². The Morgan fingerprint density at radius 3 is 1.28 bits per heavy atom. The molecule has 0 unspecified atom stereocenters. The topological polar surface area (TPSA) is 186 Å². The molecule has 0 saturated carbocycles. The lowest BCUT2D eigenvalue weighted by molar-refractivity contribution is 0.247. The Hall–Kier alpha value is -0.700. The van der Waals surface area contributed by atoms with Crippen LogP contribution in [0.1, 0.15) is 21.9 Å². The maximum absolute atomic E-state index is 13.5. The van der Waals surface area contributed by atoms with Crippen molar-refractivity contribution in [1.29, 1.82) is 0 Å². The third kappa shape index (κ3) is 5.18. The smallest absolute Gasteiger partial charge is 0.324 e. The van der Waals surface area contributed by atoms with Gasteiger partial charge in [0.05, 0.1) is 0 Å². The third-order valence-electron chi connectivity index (χ3n) is 4.78. The summed E-state index contributed by atoms with van der Waals surface area (Å²) in [5.74, 6) is 0. The van der Waals surface area contributed by atoms with Crippen LogP contribution in [0.4, 0.5) is 0 Å². The largest absolute Gasteiger partial charge is 0.349 e. The standard InChI is InChI=1S/C16H24O12P4/c1-25-31(23,26-2)16(32(24,27-3)28-4)13-10-6-8-11-7-5-9-12(14(11)13)15(29(17,18)19)30(20,21)22/h5-10,15-16H,1-4H3,(H2,17,18,19)(H2,20,21,22). The summed E-state index contributed by atoms with van der Waals surface area (Å²) < 4.78 is 71.3. The molecule has 2 aromatic rings. The molecule has 0 fully saturated rings. The molecule has 2 rings (SSSR count). The first-order valence-electron chi connectivity index (χ1n) is 8.74. The van der Waals surface area contributed by atoms with Gasteiger partial charge in [-0.15, -0.1) is 0 Å². The minimum absolute atomic E-state index is 0.111. The number of benzene rings is 2. The molecule has 0 aliphatic rings. The molecule has 0 saturated heterocycles. The molecule has 32 heavy (non-hydrogen) atoms. The third-order valence-corrected chi connectivity index (χ3v) is 13.9. The normalized spacial score (nSPS) is 13.9. The molecule has 0 heterocycles. The van der Waals surface area contributed by atoms with Crippen molar-refractivity contribution in [2.75, 3.05) is 28.4 Å². The fourth-order valence-electron chi connectivity index (χ4n) is 3.45. The van der Waals surface area contributed by atoms with E-state index in [1.54, 1.807) is 0 Å². The second kappa shape index (κ2) is 9.88. The summed E-state index contributed by atoms with van der Waals surface area (Å²) in [5, 5.41) is -4.14. The van der Waals surface area contributed by atoms with Gasteiger partial charge in [-0.25, -0.2) is 0 Å². The van der Waals surface area contributed by atoms with Crippen LogP contribution in [0.5, 0.6) is 0 Å². The lowest BCUT2D eigenvalue weighted by atomic mass is 10.0. The molecule has 0 aliphatic carbocycles. The number of rotatable bonds is 10. The van der Waals surface area contributed by atoms with Crippen LogP contribution in [0.2, 0.25) is 0 Å². The summed E-state index contributed by atoms with van der Waals surface area (Å²) in [6, 6.07) is 8.20. The quantitative estimate of drug-likeness (QED) is 0.321. The Labute approximate surface area is 184 Å². The molecule has 0 bridgehead atoms. The lowest BCUT2D eigenvalue weighted by Gasteiger charge is -2.31. The van der Waals surface area contributed by atoms with Gasteiger partial charge in [-0.3, -0.25) is 18.3 Å². The second-order valence-corrected chi connectivity index (χ2v) is 15.4. The van der Waals surface area contributed by atoms with E-state index in [-0.39, 0.29) is 16.3 Å². The van der Waals surface area contributed by atoms with Gasteiger partial charge in [0.2, 0.25) is 0 Å². The highest BCUT2D eigenvalue weighted by molar-refractivity contribution is 7.72. The zero-order valence-corrected chi connectivity index (χ0v) is 21.0. The predicted octanol–water partition coefficient (Wildman–Crippen LogP) is 4.16. The van der Waals surface area contributed by atoms with Crippen molar-refractivity contribution in [3.63, 3.8) is 0 Å². The van der Waals surface area contributed by atoms with Crippen molar-refractivity contribution in [2.45, 2.75) is 10.8 Å². The maximum atomic E-state index is 13.5. The molecule has 2 aromatic carbocycles. The minimum Gasteiger partial charge on any atom is -0.324 e. The highest BCUT2D eigenvalue weighted by Gasteiger charge is 2.52. The SMILES string of the molecule is COP(=O)(OC)C(c1cccc2cccc(C(P(=O)(O)O)P(=O)(O)O)c12)P(=O)(OC)OC. The average molecular weight is 532 g/mol. The zero-order chi connectivity index (χ0) is 24.5. The van der Waals surface area contributed by atoms with E-state index in [9.17, 15) is 37.8 Å². The van der Waals surface area contributed by atoms with Crippen molar-refractivity contribution in [3.8, 4) is 0 Å². The van der Waals surface area contributed by atoms with Crippen LogP contribution >= 0.6 is 30.4 Å². The molecule has 0 radical (unpaired) electrons. The maximum Gasteiger partial charge on any atom is 0.349 e. The Kier molecular flexibility index (Phi) is 8.51. The van der Waals surface area contributed by atoms with E-state index in [0.29, 0.717) is 0 Å². The van der Waals surface area contributed by atoms with Crippen LogP contribution in [0.3, 0.4) is 0 Å². The lowest BCUT2D eigenvalue weighted by Crippen LogP contribution is -2.10. The first-order chi connectivity index (χ1) is 14.7. The van der Waals surface area contributed by atoms with E-state index in [2.05, 4.69) is 0 Å². The highest BCUT2D eigenvalue weighted by atomic mass is 31.2. The molecule has 0 spiro atoms. The van der Waals surface area contributed by atoms with Gasteiger partial charge in [0.25, 0.3) is 0 Å². The van der Waals surface area contributed by atoms with E-state index in [0.717, 1.165) is 34.5 Å². The van der Waals surface area contributed by atoms with E-state index in [1.807, 2.05) is 0 Å². The molecule has 0 aromatic heterocycles. The van der Waals surface area contributed by atoms with Gasteiger partial charge in [-0.2, -0.15) is 0 Å². The minimum atomic E-state index is -5.41. The van der Waals surface area contributed by atoms with Gasteiger partial charge in [-0.05, 0) is 21.9 Å². The van der Waals surface area contributed by atoms with Gasteiger partial charge in [0.15, 0.2) is 10.8 Å². The van der Waals surface area contributed by atoms with Crippen LogP contribution in [0, 0.1) is 0 Å². The number of hydrogen-bond acceptors (Lipinski definition) is 8. The van der Waals surface area contributed by atoms with Crippen LogP contribution in [0.15, 0.2) is 36.4 Å². The van der Waals surface area contributed by atoms with Gasteiger partial charge in [-0.1, -0.05) is 36.4 Å². The monoisotopic (exact) mass is 532 g/mol. The molecule has 16 heteroatoms. The van der Waals surface area contributed by atoms with Crippen molar-refractivity contribution >= 4 is 41.2 Å². The summed E-state index contributed by atoms with van der Waals surface area (Å²) in [4.78, 5) is 39.1. The van der Waals surface area contributed by atoms with Gasteiger partial charge in [0.1, 0.15) is 0 Å².